The fourth-order valence-corrected chi connectivity index (χ4v) is 5.31. The summed E-state index contributed by atoms with van der Waals surface area (Å²) in [6.45, 7) is 2.56. The van der Waals surface area contributed by atoms with Crippen LogP contribution in [0, 0.1) is 16.0 Å². The Morgan fingerprint density at radius 3 is 2.45 bits per heavy atom. The predicted molar refractivity (Wildman–Crippen MR) is 142 cm³/mol. The topological polar surface area (TPSA) is 111 Å². The van der Waals surface area contributed by atoms with Gasteiger partial charge in [0.1, 0.15) is 17.4 Å². The van der Waals surface area contributed by atoms with Crippen molar-refractivity contribution in [3.05, 3.63) is 86.9 Å². The Labute approximate surface area is 226 Å². The molecule has 38 heavy (non-hydrogen) atoms. The SMILES string of the molecule is CCCOc1ccc(N2C(=O)[C@H]3[C@@H](ON(c4cccc([N+](=O)[O-])c4)[C@H]3c3ccc(OC)c(Br)c3)C2=O)cc1. The smallest absolute Gasteiger partial charge is 0.271 e. The van der Waals surface area contributed by atoms with Gasteiger partial charge >= 0.3 is 0 Å². The number of halogens is 1. The quantitative estimate of drug-likeness (QED) is 0.202. The molecule has 0 saturated carbocycles. The number of rotatable bonds is 8. The largest absolute Gasteiger partial charge is 0.496 e. The summed E-state index contributed by atoms with van der Waals surface area (Å²) in [4.78, 5) is 45.5. The highest BCUT2D eigenvalue weighted by atomic mass is 79.9. The number of anilines is 2. The second kappa shape index (κ2) is 10.4. The van der Waals surface area contributed by atoms with E-state index in [1.54, 1.807) is 55.6 Å². The van der Waals surface area contributed by atoms with Crippen molar-refractivity contribution >= 4 is 44.8 Å². The highest BCUT2D eigenvalue weighted by Gasteiger charge is 2.60. The standard InChI is InChI=1S/C27H24BrN3O7/c1-3-13-37-20-10-8-17(9-11-20)29-26(32)23-24(16-7-12-22(36-2)21(28)14-16)30(38-25(23)27(29)33)18-5-4-6-19(15-18)31(34)35/h4-12,14-15,23-25H,3,13H2,1-2H3/t23-,24+,25-/m1/s1. The minimum Gasteiger partial charge on any atom is -0.496 e. The predicted octanol–water partition coefficient (Wildman–Crippen LogP) is 5.21. The normalized spacial score (nSPS) is 20.6. The van der Waals surface area contributed by atoms with E-state index in [9.17, 15) is 19.7 Å². The van der Waals surface area contributed by atoms with Crippen molar-refractivity contribution < 1.29 is 28.8 Å². The van der Waals surface area contributed by atoms with Crippen LogP contribution in [0.4, 0.5) is 17.1 Å². The van der Waals surface area contributed by atoms with Gasteiger partial charge in [-0.1, -0.05) is 19.1 Å². The summed E-state index contributed by atoms with van der Waals surface area (Å²) in [5, 5.41) is 12.8. The molecule has 0 radical (unpaired) electrons. The average Bonchev–Trinajstić information content (AvgIpc) is 3.43. The number of ether oxygens (including phenoxy) is 2. The van der Waals surface area contributed by atoms with Crippen molar-refractivity contribution in [3.8, 4) is 11.5 Å². The van der Waals surface area contributed by atoms with E-state index in [-0.39, 0.29) is 5.69 Å². The minimum atomic E-state index is -1.11. The van der Waals surface area contributed by atoms with Crippen LogP contribution in [0.3, 0.4) is 0 Å². The molecule has 3 aromatic rings. The third-order valence-corrected chi connectivity index (χ3v) is 7.12. The van der Waals surface area contributed by atoms with Crippen LogP contribution in [0.15, 0.2) is 71.2 Å². The monoisotopic (exact) mass is 581 g/mol. The van der Waals surface area contributed by atoms with E-state index in [0.717, 1.165) is 11.3 Å². The van der Waals surface area contributed by atoms with Gasteiger partial charge in [0.2, 0.25) is 5.91 Å². The number of fused-ring (bicyclic) bond motifs is 1. The zero-order valence-corrected chi connectivity index (χ0v) is 22.2. The second-order valence-corrected chi connectivity index (χ2v) is 9.70. The summed E-state index contributed by atoms with van der Waals surface area (Å²) in [6, 6.07) is 17.2. The number of carbonyl (C=O) groups is 2. The molecule has 2 aliphatic rings. The van der Waals surface area contributed by atoms with E-state index in [0.29, 0.717) is 39.5 Å². The van der Waals surface area contributed by atoms with Crippen LogP contribution in [0.1, 0.15) is 24.9 Å². The third kappa shape index (κ3) is 4.48. The highest BCUT2D eigenvalue weighted by molar-refractivity contribution is 9.10. The molecular weight excluding hydrogens is 558 g/mol. The molecule has 10 nitrogen and oxygen atoms in total. The number of nitro benzene ring substituents is 1. The molecule has 2 heterocycles. The molecule has 2 fully saturated rings. The van der Waals surface area contributed by atoms with Crippen molar-refractivity contribution in [3.63, 3.8) is 0 Å². The Kier molecular flexibility index (Phi) is 7.04. The molecule has 2 saturated heterocycles. The number of imide groups is 1. The van der Waals surface area contributed by atoms with Gasteiger partial charge in [-0.25, -0.2) is 9.96 Å². The maximum absolute atomic E-state index is 13.8. The number of hydroxylamine groups is 1. The maximum Gasteiger partial charge on any atom is 0.271 e. The van der Waals surface area contributed by atoms with Gasteiger partial charge in [0.15, 0.2) is 6.10 Å². The van der Waals surface area contributed by atoms with Crippen molar-refractivity contribution in [1.82, 2.24) is 0 Å². The molecule has 11 heteroatoms. The van der Waals surface area contributed by atoms with Crippen LogP contribution in [-0.2, 0) is 14.4 Å². The first-order valence-corrected chi connectivity index (χ1v) is 12.8. The number of methoxy groups -OCH3 is 1. The van der Waals surface area contributed by atoms with Gasteiger partial charge in [0, 0.05) is 12.1 Å². The molecule has 5 rings (SSSR count). The lowest BCUT2D eigenvalue weighted by molar-refractivity contribution is -0.384. The van der Waals surface area contributed by atoms with E-state index >= 15 is 0 Å². The summed E-state index contributed by atoms with van der Waals surface area (Å²) < 4.78 is 11.6. The van der Waals surface area contributed by atoms with Gasteiger partial charge in [-0.15, -0.1) is 0 Å². The number of nitro groups is 1. The third-order valence-electron chi connectivity index (χ3n) is 6.50. The number of nitrogens with zero attached hydrogens (tertiary/aromatic N) is 3. The number of amides is 2. The fourth-order valence-electron chi connectivity index (χ4n) is 4.75. The first-order chi connectivity index (χ1) is 18.3. The van der Waals surface area contributed by atoms with Gasteiger partial charge < -0.3 is 9.47 Å². The van der Waals surface area contributed by atoms with Gasteiger partial charge in [-0.3, -0.25) is 24.5 Å². The van der Waals surface area contributed by atoms with Crippen LogP contribution < -0.4 is 19.4 Å². The molecule has 196 valence electrons. The first kappa shape index (κ1) is 25.7. The molecule has 2 amide bonds. The lowest BCUT2D eigenvalue weighted by Crippen LogP contribution is -2.37. The first-order valence-electron chi connectivity index (χ1n) is 12.0. The zero-order chi connectivity index (χ0) is 27.0. The fraction of sp³-hybridized carbons (Fsp3) is 0.259. The summed E-state index contributed by atoms with van der Waals surface area (Å²) in [5.74, 6) is -0.589. The van der Waals surface area contributed by atoms with E-state index < -0.39 is 34.8 Å². The van der Waals surface area contributed by atoms with Crippen LogP contribution >= 0.6 is 15.9 Å². The molecular formula is C27H24BrN3O7. The average molecular weight is 582 g/mol. The maximum atomic E-state index is 13.8. The van der Waals surface area contributed by atoms with Crippen LogP contribution in [0.5, 0.6) is 11.5 Å². The van der Waals surface area contributed by atoms with Gasteiger partial charge in [0.25, 0.3) is 11.6 Å². The Hall–Kier alpha value is -3.96. The number of carbonyl (C=O) groups excluding carboxylic acids is 2. The molecule has 0 spiro atoms. The van der Waals surface area contributed by atoms with Gasteiger partial charge in [-0.2, -0.15) is 0 Å². The molecule has 3 atom stereocenters. The second-order valence-electron chi connectivity index (χ2n) is 8.85. The number of hydrogen-bond donors (Lipinski definition) is 0. The van der Waals surface area contributed by atoms with Gasteiger partial charge in [-0.05, 0) is 70.4 Å². The van der Waals surface area contributed by atoms with Crippen molar-refractivity contribution in [2.24, 2.45) is 5.92 Å². The van der Waals surface area contributed by atoms with Crippen molar-refractivity contribution in [2.75, 3.05) is 23.7 Å². The minimum absolute atomic E-state index is 0.137. The van der Waals surface area contributed by atoms with E-state index in [1.165, 1.54) is 23.3 Å². The van der Waals surface area contributed by atoms with E-state index in [4.69, 9.17) is 14.3 Å². The molecule has 2 aliphatic heterocycles. The lowest BCUT2D eigenvalue weighted by Gasteiger charge is -2.29. The van der Waals surface area contributed by atoms with Crippen LogP contribution in [0.2, 0.25) is 0 Å². The Bertz CT molecular complexity index is 1400. The zero-order valence-electron chi connectivity index (χ0n) is 20.6. The molecule has 3 aromatic carbocycles. The highest BCUT2D eigenvalue weighted by Crippen LogP contribution is 2.48. The van der Waals surface area contributed by atoms with Crippen LogP contribution in [-0.4, -0.2) is 36.6 Å². The van der Waals surface area contributed by atoms with Crippen LogP contribution in [0.25, 0.3) is 0 Å². The Balaban J connectivity index is 1.54. The number of non-ortho nitro benzene ring substituents is 1. The summed E-state index contributed by atoms with van der Waals surface area (Å²) in [7, 11) is 1.54. The Morgan fingerprint density at radius 1 is 1.03 bits per heavy atom. The number of benzene rings is 3. The van der Waals surface area contributed by atoms with Gasteiger partial charge in [0.05, 0.1) is 40.5 Å². The van der Waals surface area contributed by atoms with E-state index in [1.807, 2.05) is 6.92 Å². The molecule has 0 bridgehead atoms. The molecule has 0 unspecified atom stereocenters. The molecule has 0 aliphatic carbocycles. The van der Waals surface area contributed by atoms with E-state index in [2.05, 4.69) is 15.9 Å². The molecule has 0 N–H and O–H groups in total. The Morgan fingerprint density at radius 2 is 1.79 bits per heavy atom. The lowest BCUT2D eigenvalue weighted by atomic mass is 9.90. The summed E-state index contributed by atoms with van der Waals surface area (Å²) in [6.07, 6.45) is -0.251. The van der Waals surface area contributed by atoms with Crippen molar-refractivity contribution in [1.29, 1.82) is 0 Å². The summed E-state index contributed by atoms with van der Waals surface area (Å²) in [5.41, 5.74) is 1.30. The van der Waals surface area contributed by atoms with Crippen molar-refractivity contribution in [2.45, 2.75) is 25.5 Å². The molecule has 0 aromatic heterocycles. The number of hydrogen-bond acceptors (Lipinski definition) is 8. The summed E-state index contributed by atoms with van der Waals surface area (Å²) >= 11 is 3.49.